The fourth-order valence-electron chi connectivity index (χ4n) is 1.23. The van der Waals surface area contributed by atoms with Crippen LogP contribution in [-0.4, -0.2) is 28.1 Å². The van der Waals surface area contributed by atoms with Crippen molar-refractivity contribution < 1.29 is 4.79 Å². The van der Waals surface area contributed by atoms with Crippen LogP contribution < -0.4 is 0 Å². The first-order valence-electron chi connectivity index (χ1n) is 4.53. The smallest absolute Gasteiger partial charge is 0.284 e. The molecule has 0 unspecified atom stereocenters. The second-order valence-electron chi connectivity index (χ2n) is 3.28. The van der Waals surface area contributed by atoms with Crippen molar-refractivity contribution in [2.75, 3.05) is 7.05 Å². The number of hydrogen-bond donors (Lipinski definition) is 0. The molecule has 0 aromatic carbocycles. The number of carbonyl (C=O) groups is 1. The molecule has 0 bridgehead atoms. The van der Waals surface area contributed by atoms with E-state index < -0.39 is 0 Å². The molecule has 2 aromatic rings. The first-order valence-corrected chi connectivity index (χ1v) is 7.40. The van der Waals surface area contributed by atoms with Crippen LogP contribution in [0.3, 0.4) is 0 Å². The van der Waals surface area contributed by atoms with Crippen LogP contribution >= 0.6 is 50.2 Å². The van der Waals surface area contributed by atoms with Gasteiger partial charge in [0.25, 0.3) is 5.91 Å². The summed E-state index contributed by atoms with van der Waals surface area (Å²) < 4.78 is 1.33. The SMILES string of the molecule is CN(Cc1csc(Br)c1)C(=O)c1nnc(Cl)s1. The molecule has 0 radical (unpaired) electrons. The highest BCUT2D eigenvalue weighted by Gasteiger charge is 2.17. The topological polar surface area (TPSA) is 46.1 Å². The Hall–Kier alpha value is -0.500. The number of amides is 1. The van der Waals surface area contributed by atoms with Gasteiger partial charge >= 0.3 is 0 Å². The molecule has 2 heterocycles. The lowest BCUT2D eigenvalue weighted by molar-refractivity contribution is 0.0784. The van der Waals surface area contributed by atoms with E-state index in [1.54, 1.807) is 23.3 Å². The molecule has 0 saturated carbocycles. The zero-order valence-corrected chi connectivity index (χ0v) is 12.7. The second-order valence-corrected chi connectivity index (χ2v) is 7.13. The van der Waals surface area contributed by atoms with E-state index in [-0.39, 0.29) is 10.4 Å². The third kappa shape index (κ3) is 3.25. The lowest BCUT2D eigenvalue weighted by atomic mass is 10.3. The average molecular weight is 353 g/mol. The molecular formula is C9H7BrClN3OS2. The summed E-state index contributed by atoms with van der Waals surface area (Å²) in [6.45, 7) is 0.540. The fraction of sp³-hybridized carbons (Fsp3) is 0.222. The second kappa shape index (κ2) is 5.43. The molecular weight excluding hydrogens is 346 g/mol. The summed E-state index contributed by atoms with van der Waals surface area (Å²) in [5.74, 6) is -0.170. The van der Waals surface area contributed by atoms with Crippen LogP contribution in [0.15, 0.2) is 15.2 Å². The molecule has 2 rings (SSSR count). The highest BCUT2D eigenvalue weighted by Crippen LogP contribution is 2.22. The van der Waals surface area contributed by atoms with E-state index in [1.807, 2.05) is 11.4 Å². The van der Waals surface area contributed by atoms with Crippen LogP contribution in [0.2, 0.25) is 4.47 Å². The number of aromatic nitrogens is 2. The molecule has 0 fully saturated rings. The third-order valence-corrected chi connectivity index (χ3v) is 4.53. The summed E-state index contributed by atoms with van der Waals surface area (Å²) >= 11 is 11.7. The van der Waals surface area contributed by atoms with Crippen LogP contribution in [-0.2, 0) is 6.54 Å². The minimum atomic E-state index is -0.170. The van der Waals surface area contributed by atoms with E-state index in [9.17, 15) is 4.79 Å². The zero-order valence-electron chi connectivity index (χ0n) is 8.68. The monoisotopic (exact) mass is 351 g/mol. The van der Waals surface area contributed by atoms with Crippen molar-refractivity contribution in [1.29, 1.82) is 0 Å². The predicted octanol–water partition coefficient (Wildman–Crippen LogP) is 3.29. The van der Waals surface area contributed by atoms with Crippen molar-refractivity contribution >= 4 is 56.1 Å². The minimum absolute atomic E-state index is 0.170. The fourth-order valence-corrected chi connectivity index (χ4v) is 3.25. The Kier molecular flexibility index (Phi) is 4.13. The quantitative estimate of drug-likeness (QED) is 0.851. The summed E-state index contributed by atoms with van der Waals surface area (Å²) in [4.78, 5) is 13.5. The number of thiophene rings is 1. The average Bonchev–Trinajstić information content (AvgIpc) is 2.87. The van der Waals surface area contributed by atoms with E-state index in [1.165, 1.54) is 0 Å². The lowest BCUT2D eigenvalue weighted by Gasteiger charge is -2.13. The Morgan fingerprint density at radius 3 is 2.88 bits per heavy atom. The molecule has 90 valence electrons. The van der Waals surface area contributed by atoms with Gasteiger partial charge in [-0.05, 0) is 44.5 Å². The molecule has 0 atom stereocenters. The molecule has 0 saturated heterocycles. The van der Waals surface area contributed by atoms with Crippen molar-refractivity contribution in [2.24, 2.45) is 0 Å². The molecule has 0 aliphatic heterocycles. The van der Waals surface area contributed by atoms with Crippen LogP contribution in [0.25, 0.3) is 0 Å². The normalized spacial score (nSPS) is 10.5. The molecule has 0 aliphatic carbocycles. The Balaban J connectivity index is 2.05. The third-order valence-electron chi connectivity index (χ3n) is 1.97. The summed E-state index contributed by atoms with van der Waals surface area (Å²) in [5, 5.41) is 9.65. The van der Waals surface area contributed by atoms with Gasteiger partial charge in [0.05, 0.1) is 3.79 Å². The molecule has 17 heavy (non-hydrogen) atoms. The number of nitrogens with zero attached hydrogens (tertiary/aromatic N) is 3. The van der Waals surface area contributed by atoms with Crippen LogP contribution in [0, 0.1) is 0 Å². The standard InChI is InChI=1S/C9H7BrClN3OS2/c1-14(3-5-2-6(10)16-4-5)8(15)7-12-13-9(11)17-7/h2,4H,3H2,1H3. The van der Waals surface area contributed by atoms with Gasteiger partial charge in [-0.3, -0.25) is 4.79 Å². The first kappa shape index (κ1) is 12.9. The maximum absolute atomic E-state index is 11.9. The van der Waals surface area contributed by atoms with E-state index in [4.69, 9.17) is 11.6 Å². The number of carbonyl (C=O) groups excluding carboxylic acids is 1. The molecule has 2 aromatic heterocycles. The highest BCUT2D eigenvalue weighted by atomic mass is 79.9. The van der Waals surface area contributed by atoms with Crippen molar-refractivity contribution in [2.45, 2.75) is 6.54 Å². The van der Waals surface area contributed by atoms with E-state index >= 15 is 0 Å². The van der Waals surface area contributed by atoms with Gasteiger partial charge in [0.2, 0.25) is 9.47 Å². The Morgan fingerprint density at radius 1 is 1.59 bits per heavy atom. The van der Waals surface area contributed by atoms with Gasteiger partial charge in [-0.2, -0.15) is 0 Å². The maximum Gasteiger partial charge on any atom is 0.284 e. The van der Waals surface area contributed by atoms with Gasteiger partial charge in [-0.25, -0.2) is 0 Å². The molecule has 0 aliphatic rings. The molecule has 0 spiro atoms. The summed E-state index contributed by atoms with van der Waals surface area (Å²) in [6.07, 6.45) is 0. The van der Waals surface area contributed by atoms with Crippen molar-refractivity contribution in [3.8, 4) is 0 Å². The predicted molar refractivity (Wildman–Crippen MR) is 72.7 cm³/mol. The minimum Gasteiger partial charge on any atom is -0.335 e. The van der Waals surface area contributed by atoms with Crippen LogP contribution in [0.4, 0.5) is 0 Å². The summed E-state index contributed by atoms with van der Waals surface area (Å²) in [6, 6.07) is 1.99. The highest BCUT2D eigenvalue weighted by molar-refractivity contribution is 9.11. The van der Waals surface area contributed by atoms with E-state index in [0.717, 1.165) is 20.7 Å². The number of rotatable bonds is 3. The Bertz CT molecular complexity index is 542. The Labute approximate surface area is 119 Å². The van der Waals surface area contributed by atoms with Crippen molar-refractivity contribution in [1.82, 2.24) is 15.1 Å². The molecule has 4 nitrogen and oxygen atoms in total. The first-order chi connectivity index (χ1) is 8.06. The lowest BCUT2D eigenvalue weighted by Crippen LogP contribution is -2.25. The maximum atomic E-state index is 11.9. The van der Waals surface area contributed by atoms with Crippen LogP contribution in [0.5, 0.6) is 0 Å². The van der Waals surface area contributed by atoms with Gasteiger partial charge in [0.1, 0.15) is 0 Å². The van der Waals surface area contributed by atoms with Gasteiger partial charge in [-0.1, -0.05) is 11.3 Å². The van der Waals surface area contributed by atoms with E-state index in [0.29, 0.717) is 11.6 Å². The van der Waals surface area contributed by atoms with Gasteiger partial charge in [0.15, 0.2) is 0 Å². The van der Waals surface area contributed by atoms with Gasteiger partial charge < -0.3 is 4.90 Å². The zero-order chi connectivity index (χ0) is 12.4. The van der Waals surface area contributed by atoms with E-state index in [2.05, 4.69) is 26.1 Å². The number of halogens is 2. The van der Waals surface area contributed by atoms with Crippen LogP contribution in [0.1, 0.15) is 15.4 Å². The Morgan fingerprint density at radius 2 is 2.35 bits per heavy atom. The summed E-state index contributed by atoms with van der Waals surface area (Å²) in [5.41, 5.74) is 1.08. The molecule has 1 amide bonds. The van der Waals surface area contributed by atoms with Crippen molar-refractivity contribution in [3.05, 3.63) is 30.3 Å². The molecule has 8 heteroatoms. The summed E-state index contributed by atoms with van der Waals surface area (Å²) in [7, 11) is 1.73. The molecule has 0 N–H and O–H groups in total. The van der Waals surface area contributed by atoms with Gasteiger partial charge in [-0.15, -0.1) is 21.5 Å². The van der Waals surface area contributed by atoms with Gasteiger partial charge in [0, 0.05) is 13.6 Å². The number of hydrogen-bond acceptors (Lipinski definition) is 5. The van der Waals surface area contributed by atoms with Crippen molar-refractivity contribution in [3.63, 3.8) is 0 Å². The largest absolute Gasteiger partial charge is 0.335 e.